The number of carbonyl (C=O) groups excluding carboxylic acids is 6. The Bertz CT molecular complexity index is 3550. The lowest BCUT2D eigenvalue weighted by atomic mass is 9.70. The number of carboxylic acids is 1. The van der Waals surface area contributed by atoms with Crippen LogP contribution in [0.4, 0.5) is 4.79 Å². The summed E-state index contributed by atoms with van der Waals surface area (Å²) in [7, 11) is 1.63. The number of fused-ring (bicyclic) bond motifs is 7. The molecule has 83 heavy (non-hydrogen) atoms. The number of nitrogens with one attached hydrogen (secondary N) is 2. The summed E-state index contributed by atoms with van der Waals surface area (Å²) in [5.41, 5.74) is 3.43. The molecule has 0 radical (unpaired) electrons. The van der Waals surface area contributed by atoms with Crippen LogP contribution >= 0.6 is 23.1 Å². The predicted molar refractivity (Wildman–Crippen MR) is 309 cm³/mol. The van der Waals surface area contributed by atoms with Gasteiger partial charge < -0.3 is 59.4 Å². The Morgan fingerprint density at radius 2 is 1.49 bits per heavy atom. The zero-order valence-corrected chi connectivity index (χ0v) is 48.2. The topological polar surface area (TPSA) is 282 Å². The molecule has 5 N–H and O–H groups in total. The Morgan fingerprint density at radius 3 is 2.18 bits per heavy atom. The van der Waals surface area contributed by atoms with Crippen LogP contribution in [0.25, 0.3) is 10.2 Å². The van der Waals surface area contributed by atoms with Gasteiger partial charge in [0.15, 0.2) is 17.4 Å². The molecule has 4 heterocycles. The highest BCUT2D eigenvalue weighted by Crippen LogP contribution is 2.57. The molecule has 0 fully saturated rings. The van der Waals surface area contributed by atoms with E-state index in [0.717, 1.165) is 21.4 Å². The summed E-state index contributed by atoms with van der Waals surface area (Å²) in [5.74, 6) is -2.01. The number of amides is 4. The van der Waals surface area contributed by atoms with Crippen LogP contribution in [0.3, 0.4) is 0 Å². The van der Waals surface area contributed by atoms with Crippen LogP contribution in [0.2, 0.25) is 0 Å². The minimum absolute atomic E-state index is 0.0221. The largest absolute Gasteiger partial charge is 0.508 e. The molecule has 3 aliphatic heterocycles. The van der Waals surface area contributed by atoms with E-state index in [9.17, 15) is 48.9 Å². The number of carboxylic acid groups (broad SMARTS) is 1. The molecule has 0 bridgehead atoms. The third kappa shape index (κ3) is 12.5. The molecule has 9 rings (SSSR count). The average Bonchev–Trinajstić information content (AvgIpc) is 3.48. The third-order valence-electron chi connectivity index (χ3n) is 14.9. The van der Waals surface area contributed by atoms with E-state index in [2.05, 4.69) is 27.2 Å². The molecule has 4 aliphatic rings. The summed E-state index contributed by atoms with van der Waals surface area (Å²) in [6.07, 6.45) is -0.658. The zero-order chi connectivity index (χ0) is 59.5. The number of esters is 1. The molecular formula is C60H62N6O15S2. The first kappa shape index (κ1) is 59.2. The van der Waals surface area contributed by atoms with Gasteiger partial charge in [0.05, 0.1) is 42.2 Å². The monoisotopic (exact) mass is 1170 g/mol. The number of nitrogens with zero attached hydrogens (tertiary/aromatic N) is 4. The van der Waals surface area contributed by atoms with Crippen molar-refractivity contribution in [2.45, 2.75) is 59.1 Å². The molecular weight excluding hydrogens is 1110 g/mol. The van der Waals surface area contributed by atoms with Gasteiger partial charge in [0.1, 0.15) is 38.8 Å². The molecule has 4 aromatic carbocycles. The standard InChI is InChI=1S/C60H62N6O15S2/c1-32-33(2)35(4)52(71)51(34(32)3)59(5,6)30-50(70)65(7)19-20-66(58(76)79-39-11-15-48-44(29-39)63-55(83-48)54-64-45(31-82-54)56(73)74)21-23-78-25-24-77-22-16-49(69)61-17-18-62-53(72)36-8-12-41-40(26-36)57(75)81-60(41)42-13-9-37(67)27-46(42)80-47-28-38(68)10-14-43(47)60/h8-15,26-29,45,67-68H,1,16-25,30-31H2,2-7H3,(H,61,69)(H,62,72)(H,73,74). The first-order valence-corrected chi connectivity index (χ1v) is 28.5. The van der Waals surface area contributed by atoms with Crippen molar-refractivity contribution in [1.29, 1.82) is 0 Å². The summed E-state index contributed by atoms with van der Waals surface area (Å²) in [6, 6.07) is 17.6. The van der Waals surface area contributed by atoms with Gasteiger partial charge in [-0.15, -0.1) is 23.1 Å². The van der Waals surface area contributed by atoms with Crippen molar-refractivity contribution >= 4 is 79.9 Å². The normalized spacial score (nSPS) is 16.0. The van der Waals surface area contributed by atoms with E-state index in [4.69, 9.17) is 23.7 Å². The molecule has 1 atom stereocenters. The minimum Gasteiger partial charge on any atom is -0.508 e. The van der Waals surface area contributed by atoms with Crippen molar-refractivity contribution < 1.29 is 72.6 Å². The number of phenols is 2. The third-order valence-corrected chi connectivity index (χ3v) is 17.1. The van der Waals surface area contributed by atoms with Gasteiger partial charge in [0.25, 0.3) is 5.91 Å². The predicted octanol–water partition coefficient (Wildman–Crippen LogP) is 7.66. The lowest BCUT2D eigenvalue weighted by molar-refractivity contribution is -0.138. The lowest BCUT2D eigenvalue weighted by Crippen LogP contribution is -2.43. The van der Waals surface area contributed by atoms with E-state index in [0.29, 0.717) is 49.2 Å². The number of ketones is 1. The maximum Gasteiger partial charge on any atom is 0.415 e. The van der Waals surface area contributed by atoms with Crippen molar-refractivity contribution in [2.24, 2.45) is 10.4 Å². The number of thiazole rings is 1. The van der Waals surface area contributed by atoms with Crippen molar-refractivity contribution in [3.8, 4) is 28.7 Å². The number of likely N-dealkylation sites (N-methyl/N-ethyl adjacent to an activating group) is 1. The van der Waals surface area contributed by atoms with E-state index in [1.54, 1.807) is 56.4 Å². The first-order chi connectivity index (χ1) is 39.6. The number of aliphatic carboxylic acids is 1. The smallest absolute Gasteiger partial charge is 0.415 e. The average molecular weight is 1170 g/mol. The maximum absolute atomic E-state index is 13.9. The number of aliphatic imine (C=N–C) groups is 1. The number of thioether (sulfide) groups is 1. The van der Waals surface area contributed by atoms with Crippen LogP contribution in [-0.2, 0) is 39.0 Å². The van der Waals surface area contributed by atoms with Gasteiger partial charge in [-0.2, -0.15) is 0 Å². The molecule has 1 spiro atoms. The van der Waals surface area contributed by atoms with E-state index in [1.807, 2.05) is 27.7 Å². The van der Waals surface area contributed by atoms with Gasteiger partial charge in [-0.3, -0.25) is 24.2 Å². The van der Waals surface area contributed by atoms with Crippen LogP contribution in [0.5, 0.6) is 28.7 Å². The summed E-state index contributed by atoms with van der Waals surface area (Å²) >= 11 is 2.66. The van der Waals surface area contributed by atoms with Crippen molar-refractivity contribution in [3.05, 3.63) is 140 Å². The zero-order valence-electron chi connectivity index (χ0n) is 46.5. The number of allylic oxidation sites excluding steroid dienone is 5. The number of rotatable bonds is 22. The van der Waals surface area contributed by atoms with Gasteiger partial charge in [0, 0.05) is 115 Å². The van der Waals surface area contributed by atoms with Gasteiger partial charge >= 0.3 is 18.0 Å². The Hall–Kier alpha value is -8.38. The number of Topliss-reactive ketones (excluding diaryl/α,β-unsaturated/α-hetero) is 1. The highest BCUT2D eigenvalue weighted by atomic mass is 32.2. The fraction of sp³-hybridized carbons (Fsp3) is 0.350. The number of aromatic nitrogens is 1. The van der Waals surface area contributed by atoms with E-state index in [1.165, 1.54) is 63.2 Å². The van der Waals surface area contributed by atoms with Gasteiger partial charge in [-0.25, -0.2) is 19.4 Å². The molecule has 23 heteroatoms. The van der Waals surface area contributed by atoms with Gasteiger partial charge in [0.2, 0.25) is 11.8 Å². The number of ether oxygens (including phenoxy) is 5. The lowest BCUT2D eigenvalue weighted by Gasteiger charge is -2.36. The summed E-state index contributed by atoms with van der Waals surface area (Å²) in [5, 5.41) is 36.4. The van der Waals surface area contributed by atoms with Gasteiger partial charge in [-0.1, -0.05) is 26.5 Å². The van der Waals surface area contributed by atoms with Crippen LogP contribution in [0, 0.1) is 5.41 Å². The Labute approximate surface area is 486 Å². The molecule has 21 nitrogen and oxygen atoms in total. The second kappa shape index (κ2) is 24.6. The number of carbonyl (C=O) groups is 7. The first-order valence-electron chi connectivity index (χ1n) is 26.7. The van der Waals surface area contributed by atoms with Crippen LogP contribution in [-0.4, -0.2) is 155 Å². The van der Waals surface area contributed by atoms with Crippen LogP contribution < -0.4 is 20.1 Å². The highest BCUT2D eigenvalue weighted by molar-refractivity contribution is 8.15. The highest BCUT2D eigenvalue weighted by Gasteiger charge is 2.54. The number of benzene rings is 4. The Kier molecular flexibility index (Phi) is 17.6. The number of hydrogen-bond acceptors (Lipinski definition) is 18. The van der Waals surface area contributed by atoms with Crippen molar-refractivity contribution in [3.63, 3.8) is 0 Å². The van der Waals surface area contributed by atoms with Gasteiger partial charge in [-0.05, 0) is 86.0 Å². The molecule has 4 amide bonds. The van der Waals surface area contributed by atoms with E-state index >= 15 is 0 Å². The number of phenolic OH excluding ortho intramolecular Hbond substituents is 2. The molecule has 1 aliphatic carbocycles. The minimum atomic E-state index is -1.47. The quantitative estimate of drug-likeness (QED) is 0.0328. The summed E-state index contributed by atoms with van der Waals surface area (Å²) in [4.78, 5) is 104. The number of aromatic hydroxyl groups is 2. The second-order valence-electron chi connectivity index (χ2n) is 20.9. The second-order valence-corrected chi connectivity index (χ2v) is 23.0. The molecule has 0 saturated carbocycles. The Balaban J connectivity index is 0.731. The number of hydrogen-bond donors (Lipinski definition) is 5. The van der Waals surface area contributed by atoms with Crippen molar-refractivity contribution in [1.82, 2.24) is 25.4 Å². The molecule has 1 unspecified atom stereocenters. The SMILES string of the molecule is C=C1C(C)=C(C)C(=O)C(C(C)(C)CC(=O)N(C)CCN(CCOCCOCCC(=O)NCCNC(=O)c2ccc3c(c2)C(=O)OC32c3ccc(O)cc3Oc3cc(O)ccc32)C(=O)Oc2ccc3sc(C4=NC(C(=O)O)CS4)nc3c2)=C1C. The van der Waals surface area contributed by atoms with E-state index in [-0.39, 0.29) is 129 Å². The van der Waals surface area contributed by atoms with Crippen LogP contribution in [0.15, 0.2) is 112 Å². The Morgan fingerprint density at radius 1 is 0.819 bits per heavy atom. The molecule has 1 aromatic heterocycles. The summed E-state index contributed by atoms with van der Waals surface area (Å²) < 4.78 is 30.2. The summed E-state index contributed by atoms with van der Waals surface area (Å²) in [6.45, 7) is 14.3. The van der Waals surface area contributed by atoms with Crippen molar-refractivity contribution in [2.75, 3.05) is 72.0 Å². The van der Waals surface area contributed by atoms with E-state index < -0.39 is 41.0 Å². The molecule has 5 aromatic rings. The maximum atomic E-state index is 13.9. The fourth-order valence-corrected chi connectivity index (χ4v) is 12.3. The molecule has 0 saturated heterocycles. The molecule has 434 valence electrons. The van der Waals surface area contributed by atoms with Crippen LogP contribution in [0.1, 0.15) is 89.9 Å². The fourth-order valence-electron chi connectivity index (χ4n) is 10.2.